The van der Waals surface area contributed by atoms with E-state index in [4.69, 9.17) is 11.6 Å². The number of carbonyl (C=O) groups is 1. The number of pyridine rings is 1. The van der Waals surface area contributed by atoms with Gasteiger partial charge < -0.3 is 5.32 Å². The molecule has 0 fully saturated rings. The number of halogens is 1. The lowest BCUT2D eigenvalue weighted by Crippen LogP contribution is -2.22. The Bertz CT molecular complexity index is 759. The van der Waals surface area contributed by atoms with Crippen molar-refractivity contribution in [1.29, 1.82) is 0 Å². The van der Waals surface area contributed by atoms with E-state index >= 15 is 0 Å². The summed E-state index contributed by atoms with van der Waals surface area (Å²) in [4.78, 5) is 16.4. The molecule has 0 radical (unpaired) electrons. The fourth-order valence-corrected chi connectivity index (χ4v) is 3.82. The van der Waals surface area contributed by atoms with Crippen LogP contribution in [0.5, 0.6) is 0 Å². The molecule has 1 amide bonds. The number of hydrogen-bond donors (Lipinski definition) is 2. The van der Waals surface area contributed by atoms with Gasteiger partial charge in [-0.25, -0.2) is 18.1 Å². The van der Waals surface area contributed by atoms with Gasteiger partial charge in [0.05, 0.1) is 6.54 Å². The second kappa shape index (κ2) is 6.52. The van der Waals surface area contributed by atoms with Gasteiger partial charge in [-0.15, -0.1) is 11.3 Å². The number of sulfonamides is 1. The molecule has 0 bridgehead atoms. The van der Waals surface area contributed by atoms with Gasteiger partial charge in [0.2, 0.25) is 10.0 Å². The molecule has 0 spiro atoms. The molecule has 0 unspecified atom stereocenters. The van der Waals surface area contributed by atoms with Crippen LogP contribution < -0.4 is 10.0 Å². The van der Waals surface area contributed by atoms with Gasteiger partial charge in [-0.3, -0.25) is 4.79 Å². The third-order valence-corrected chi connectivity index (χ3v) is 5.78. The van der Waals surface area contributed by atoms with E-state index in [1.165, 1.54) is 25.4 Å². The molecule has 0 aliphatic heterocycles. The Morgan fingerprint density at radius 1 is 1.38 bits per heavy atom. The summed E-state index contributed by atoms with van der Waals surface area (Å²) in [5.74, 6) is -0.300. The minimum atomic E-state index is -3.44. The Labute approximate surface area is 131 Å². The van der Waals surface area contributed by atoms with Gasteiger partial charge in [0.15, 0.2) is 0 Å². The number of nitrogens with one attached hydrogen (secondary N) is 2. The molecule has 0 saturated carbocycles. The van der Waals surface area contributed by atoms with Gasteiger partial charge in [-0.1, -0.05) is 11.6 Å². The first-order chi connectivity index (χ1) is 9.92. The maximum absolute atomic E-state index is 11.9. The summed E-state index contributed by atoms with van der Waals surface area (Å²) in [5, 5.41) is 2.93. The van der Waals surface area contributed by atoms with Crippen LogP contribution in [0.4, 0.5) is 0 Å². The summed E-state index contributed by atoms with van der Waals surface area (Å²) >= 11 is 6.81. The largest absolute Gasteiger partial charge is 0.347 e. The van der Waals surface area contributed by atoms with Crippen molar-refractivity contribution in [2.45, 2.75) is 10.8 Å². The summed E-state index contributed by atoms with van der Waals surface area (Å²) < 4.78 is 25.7. The third kappa shape index (κ3) is 4.01. The van der Waals surface area contributed by atoms with Crippen molar-refractivity contribution in [3.63, 3.8) is 0 Å². The molecule has 0 aliphatic carbocycles. The van der Waals surface area contributed by atoms with Crippen LogP contribution in [-0.4, -0.2) is 26.4 Å². The van der Waals surface area contributed by atoms with Gasteiger partial charge in [-0.05, 0) is 31.3 Å². The zero-order valence-electron chi connectivity index (χ0n) is 11.0. The fourth-order valence-electron chi connectivity index (χ4n) is 1.51. The topological polar surface area (TPSA) is 88.2 Å². The zero-order valence-corrected chi connectivity index (χ0v) is 13.3. The lowest BCUT2D eigenvalue weighted by molar-refractivity contribution is 0.0951. The predicted molar refractivity (Wildman–Crippen MR) is 81.0 cm³/mol. The normalized spacial score (nSPS) is 11.3. The van der Waals surface area contributed by atoms with Crippen molar-refractivity contribution in [1.82, 2.24) is 15.0 Å². The Hall–Kier alpha value is -1.48. The average molecular weight is 346 g/mol. The van der Waals surface area contributed by atoms with Crippen LogP contribution in [0.1, 0.15) is 15.2 Å². The van der Waals surface area contributed by atoms with Crippen LogP contribution >= 0.6 is 22.9 Å². The monoisotopic (exact) mass is 345 g/mol. The van der Waals surface area contributed by atoms with E-state index in [0.717, 1.165) is 16.2 Å². The quantitative estimate of drug-likeness (QED) is 0.806. The Kier molecular flexibility index (Phi) is 4.94. The van der Waals surface area contributed by atoms with E-state index in [1.807, 2.05) is 0 Å². The van der Waals surface area contributed by atoms with E-state index in [9.17, 15) is 13.2 Å². The molecule has 0 aromatic carbocycles. The molecule has 112 valence electrons. The van der Waals surface area contributed by atoms with Crippen LogP contribution in [0.2, 0.25) is 5.15 Å². The van der Waals surface area contributed by atoms with Crippen LogP contribution in [0.15, 0.2) is 34.7 Å². The van der Waals surface area contributed by atoms with Crippen LogP contribution in [-0.2, 0) is 16.6 Å². The number of aromatic nitrogens is 1. The highest BCUT2D eigenvalue weighted by Crippen LogP contribution is 2.21. The number of nitrogens with zero attached hydrogens (tertiary/aromatic N) is 1. The average Bonchev–Trinajstić information content (AvgIpc) is 2.94. The standard InChI is InChI=1S/C12H12ClN3O3S2/c1-14-21(18,19)11-3-2-9(20-11)7-16-12(17)8-4-5-15-10(13)6-8/h2-6,14H,7H2,1H3,(H,16,17). The molecule has 2 N–H and O–H groups in total. The smallest absolute Gasteiger partial charge is 0.251 e. The molecule has 0 saturated heterocycles. The summed E-state index contributed by atoms with van der Waals surface area (Å²) in [6, 6.07) is 6.17. The minimum Gasteiger partial charge on any atom is -0.347 e. The van der Waals surface area contributed by atoms with E-state index in [1.54, 1.807) is 12.1 Å². The van der Waals surface area contributed by atoms with Gasteiger partial charge in [0.25, 0.3) is 5.91 Å². The molecule has 0 atom stereocenters. The van der Waals surface area contributed by atoms with Crippen molar-refractivity contribution < 1.29 is 13.2 Å². The van der Waals surface area contributed by atoms with Gasteiger partial charge in [0, 0.05) is 16.6 Å². The summed E-state index contributed by atoms with van der Waals surface area (Å²) in [6.45, 7) is 0.239. The first kappa shape index (κ1) is 15.9. The highest BCUT2D eigenvalue weighted by molar-refractivity contribution is 7.91. The molecule has 9 heteroatoms. The molecular formula is C12H12ClN3O3S2. The third-order valence-electron chi connectivity index (χ3n) is 2.58. The van der Waals surface area contributed by atoms with Gasteiger partial charge in [0.1, 0.15) is 9.36 Å². The molecule has 2 aromatic rings. The van der Waals surface area contributed by atoms with E-state index in [2.05, 4.69) is 15.0 Å². The van der Waals surface area contributed by atoms with Crippen molar-refractivity contribution in [2.24, 2.45) is 0 Å². The van der Waals surface area contributed by atoms with E-state index in [0.29, 0.717) is 5.56 Å². The maximum atomic E-state index is 11.9. The first-order valence-electron chi connectivity index (χ1n) is 5.84. The lowest BCUT2D eigenvalue weighted by Gasteiger charge is -2.03. The molecular weight excluding hydrogens is 334 g/mol. The first-order valence-corrected chi connectivity index (χ1v) is 8.52. The summed E-state index contributed by atoms with van der Waals surface area (Å²) in [5.41, 5.74) is 0.398. The van der Waals surface area contributed by atoms with Crippen molar-refractivity contribution in [3.05, 3.63) is 46.1 Å². The van der Waals surface area contributed by atoms with Crippen molar-refractivity contribution >= 4 is 38.9 Å². The second-order valence-corrected chi connectivity index (χ2v) is 7.65. The van der Waals surface area contributed by atoms with Gasteiger partial charge in [-0.2, -0.15) is 0 Å². The zero-order chi connectivity index (χ0) is 15.5. The van der Waals surface area contributed by atoms with Crippen molar-refractivity contribution in [3.8, 4) is 0 Å². The maximum Gasteiger partial charge on any atom is 0.251 e. The number of carbonyl (C=O) groups excluding carboxylic acids is 1. The summed E-state index contributed by atoms with van der Waals surface area (Å²) in [7, 11) is -2.09. The molecule has 0 aliphatic rings. The van der Waals surface area contributed by atoms with E-state index in [-0.39, 0.29) is 21.8 Å². The molecule has 6 nitrogen and oxygen atoms in total. The van der Waals surface area contributed by atoms with Crippen molar-refractivity contribution in [2.75, 3.05) is 7.05 Å². The molecule has 2 heterocycles. The fraction of sp³-hybridized carbons (Fsp3) is 0.167. The Morgan fingerprint density at radius 2 is 2.14 bits per heavy atom. The predicted octanol–water partition coefficient (Wildman–Crippen LogP) is 1.63. The number of amides is 1. The Morgan fingerprint density at radius 3 is 2.81 bits per heavy atom. The minimum absolute atomic E-state index is 0.209. The van der Waals surface area contributed by atoms with Crippen LogP contribution in [0.3, 0.4) is 0 Å². The summed E-state index contributed by atoms with van der Waals surface area (Å²) in [6.07, 6.45) is 1.44. The second-order valence-electron chi connectivity index (χ2n) is 3.98. The molecule has 2 rings (SSSR count). The van der Waals surface area contributed by atoms with Crippen LogP contribution in [0.25, 0.3) is 0 Å². The molecule has 21 heavy (non-hydrogen) atoms. The molecule has 2 aromatic heterocycles. The number of hydrogen-bond acceptors (Lipinski definition) is 5. The highest BCUT2D eigenvalue weighted by atomic mass is 35.5. The lowest BCUT2D eigenvalue weighted by atomic mass is 10.2. The SMILES string of the molecule is CNS(=O)(=O)c1ccc(CNC(=O)c2ccnc(Cl)c2)s1. The van der Waals surface area contributed by atoms with Crippen LogP contribution in [0, 0.1) is 0 Å². The van der Waals surface area contributed by atoms with Gasteiger partial charge >= 0.3 is 0 Å². The van der Waals surface area contributed by atoms with E-state index < -0.39 is 10.0 Å². The Balaban J connectivity index is 2.02. The number of rotatable bonds is 5. The number of thiophene rings is 1. The highest BCUT2D eigenvalue weighted by Gasteiger charge is 2.14.